The van der Waals surface area contributed by atoms with Crippen LogP contribution in [0.1, 0.15) is 0 Å². The topological polar surface area (TPSA) is 94.3 Å². The highest BCUT2D eigenvalue weighted by Crippen LogP contribution is 2.13. The number of hydrogen-bond donors (Lipinski definition) is 1. The minimum absolute atomic E-state index is 0.455. The molecule has 0 unspecified atom stereocenters. The van der Waals surface area contributed by atoms with E-state index in [1.165, 1.54) is 0 Å². The summed E-state index contributed by atoms with van der Waals surface area (Å²) < 4.78 is 1.70. The van der Waals surface area contributed by atoms with E-state index in [9.17, 15) is 0 Å². The molecule has 0 saturated heterocycles. The Kier molecular flexibility index (Phi) is 2.81. The summed E-state index contributed by atoms with van der Waals surface area (Å²) in [5, 5.41) is 2.90. The van der Waals surface area contributed by atoms with Crippen molar-refractivity contribution in [2.45, 2.75) is 0 Å². The molecule has 0 aliphatic carbocycles. The molecule has 0 aliphatic heterocycles. The van der Waals surface area contributed by atoms with E-state index in [-0.39, 0.29) is 0 Å². The molecular weight excluding hydrogens is 244 g/mol. The second-order valence-electron chi connectivity index (χ2n) is 3.59. The molecule has 0 aliphatic rings. The molecule has 3 aromatic rings. The first kappa shape index (κ1) is 11.2. The van der Waals surface area contributed by atoms with Gasteiger partial charge >= 0.3 is 0 Å². The molecule has 0 aromatic carbocycles. The summed E-state index contributed by atoms with van der Waals surface area (Å²) >= 11 is 0. The van der Waals surface area contributed by atoms with Gasteiger partial charge in [0.2, 0.25) is 11.9 Å². The van der Waals surface area contributed by atoms with E-state index in [0.29, 0.717) is 23.4 Å². The van der Waals surface area contributed by atoms with E-state index in [0.717, 1.165) is 0 Å². The van der Waals surface area contributed by atoms with Crippen molar-refractivity contribution in [3.8, 4) is 17.5 Å². The summed E-state index contributed by atoms with van der Waals surface area (Å²) in [7, 11) is 1.74. The molecule has 0 radical (unpaired) electrons. The molecule has 3 aromatic heterocycles. The van der Waals surface area contributed by atoms with E-state index in [1.54, 1.807) is 48.9 Å². The van der Waals surface area contributed by atoms with Gasteiger partial charge in [0.15, 0.2) is 5.82 Å². The number of hydrogen-bond acceptors (Lipinski definition) is 7. The van der Waals surface area contributed by atoms with Crippen LogP contribution in [0.3, 0.4) is 0 Å². The Morgan fingerprint density at radius 2 is 2.00 bits per heavy atom. The Morgan fingerprint density at radius 3 is 2.68 bits per heavy atom. The van der Waals surface area contributed by atoms with Crippen LogP contribution in [0.5, 0.6) is 0 Å². The van der Waals surface area contributed by atoms with Gasteiger partial charge < -0.3 is 5.32 Å². The molecule has 3 rings (SSSR count). The minimum atomic E-state index is 0.455. The average Bonchev–Trinajstić information content (AvgIpc) is 3.02. The van der Waals surface area contributed by atoms with Gasteiger partial charge in [-0.3, -0.25) is 9.55 Å². The van der Waals surface area contributed by atoms with Crippen molar-refractivity contribution in [1.82, 2.24) is 34.5 Å². The SMILES string of the molecule is CNc1nc(-c2cnccn2)nc(-n2ccnc2)n1. The fourth-order valence-corrected chi connectivity index (χ4v) is 1.50. The van der Waals surface area contributed by atoms with Gasteiger partial charge in [-0.25, -0.2) is 9.97 Å². The van der Waals surface area contributed by atoms with Crippen molar-refractivity contribution in [3.05, 3.63) is 37.3 Å². The van der Waals surface area contributed by atoms with Crippen LogP contribution in [0, 0.1) is 0 Å². The Labute approximate surface area is 108 Å². The normalized spacial score (nSPS) is 10.4. The maximum atomic E-state index is 4.35. The monoisotopic (exact) mass is 254 g/mol. The van der Waals surface area contributed by atoms with Gasteiger partial charge in [-0.1, -0.05) is 0 Å². The van der Waals surface area contributed by atoms with Crippen LogP contribution < -0.4 is 5.32 Å². The zero-order valence-corrected chi connectivity index (χ0v) is 10.1. The fraction of sp³-hybridized carbons (Fsp3) is 0.0909. The first-order valence-electron chi connectivity index (χ1n) is 5.55. The summed E-state index contributed by atoms with van der Waals surface area (Å²) in [5.74, 6) is 1.38. The van der Waals surface area contributed by atoms with Gasteiger partial charge in [-0.05, 0) is 0 Å². The van der Waals surface area contributed by atoms with Gasteiger partial charge in [0.25, 0.3) is 0 Å². The molecule has 8 heteroatoms. The van der Waals surface area contributed by atoms with Crippen LogP contribution >= 0.6 is 0 Å². The van der Waals surface area contributed by atoms with Crippen LogP contribution in [0.2, 0.25) is 0 Å². The summed E-state index contributed by atoms with van der Waals surface area (Å²) in [4.78, 5) is 25.0. The molecule has 94 valence electrons. The van der Waals surface area contributed by atoms with Crippen molar-refractivity contribution in [1.29, 1.82) is 0 Å². The van der Waals surface area contributed by atoms with Crippen molar-refractivity contribution in [2.24, 2.45) is 0 Å². The Bertz CT molecular complexity index is 664. The lowest BCUT2D eigenvalue weighted by atomic mass is 10.4. The summed E-state index contributed by atoms with van der Waals surface area (Å²) in [6.07, 6.45) is 9.83. The molecule has 3 heterocycles. The fourth-order valence-electron chi connectivity index (χ4n) is 1.50. The van der Waals surface area contributed by atoms with Crippen molar-refractivity contribution in [2.75, 3.05) is 12.4 Å². The van der Waals surface area contributed by atoms with Crippen LogP contribution in [0.25, 0.3) is 17.5 Å². The standard InChI is InChI=1S/C11H10N8/c1-12-10-16-9(8-6-13-2-3-15-8)17-11(18-10)19-5-4-14-7-19/h2-7H,1H3,(H,12,16,17,18). The Hall–Kier alpha value is -2.90. The zero-order valence-electron chi connectivity index (χ0n) is 10.1. The first-order valence-corrected chi connectivity index (χ1v) is 5.55. The highest BCUT2D eigenvalue weighted by atomic mass is 15.2. The third kappa shape index (κ3) is 2.23. The van der Waals surface area contributed by atoms with Gasteiger partial charge in [-0.2, -0.15) is 15.0 Å². The van der Waals surface area contributed by atoms with E-state index < -0.39 is 0 Å². The molecule has 1 N–H and O–H groups in total. The number of aromatic nitrogens is 7. The molecule has 0 atom stereocenters. The lowest BCUT2D eigenvalue weighted by molar-refractivity contribution is 0.898. The maximum absolute atomic E-state index is 4.35. The highest BCUT2D eigenvalue weighted by Gasteiger charge is 2.09. The summed E-state index contributed by atoms with van der Waals surface area (Å²) in [5.41, 5.74) is 0.586. The Morgan fingerprint density at radius 1 is 1.05 bits per heavy atom. The third-order valence-corrected chi connectivity index (χ3v) is 2.37. The number of nitrogens with one attached hydrogen (secondary N) is 1. The molecular formula is C11H10N8. The second-order valence-corrected chi connectivity index (χ2v) is 3.59. The van der Waals surface area contributed by atoms with Crippen LogP contribution in [-0.2, 0) is 0 Å². The minimum Gasteiger partial charge on any atom is -0.357 e. The molecule has 0 amide bonds. The van der Waals surface area contributed by atoms with E-state index in [4.69, 9.17) is 0 Å². The lowest BCUT2D eigenvalue weighted by Gasteiger charge is -2.06. The van der Waals surface area contributed by atoms with E-state index in [1.807, 2.05) is 0 Å². The smallest absolute Gasteiger partial charge is 0.240 e. The predicted molar refractivity (Wildman–Crippen MR) is 67.5 cm³/mol. The summed E-state index contributed by atoms with van der Waals surface area (Å²) in [6, 6.07) is 0. The second kappa shape index (κ2) is 4.77. The van der Waals surface area contributed by atoms with Crippen molar-refractivity contribution >= 4 is 5.95 Å². The van der Waals surface area contributed by atoms with Gasteiger partial charge in [0.1, 0.15) is 12.0 Å². The number of rotatable bonds is 3. The molecule has 0 spiro atoms. The lowest BCUT2D eigenvalue weighted by Crippen LogP contribution is -2.07. The van der Waals surface area contributed by atoms with Crippen LogP contribution in [0.4, 0.5) is 5.95 Å². The predicted octanol–water partition coefficient (Wildman–Crippen LogP) is 0.556. The average molecular weight is 254 g/mol. The summed E-state index contributed by atoms with van der Waals surface area (Å²) in [6.45, 7) is 0. The number of imidazole rings is 1. The van der Waals surface area contributed by atoms with Gasteiger partial charge in [0, 0.05) is 31.8 Å². The Balaban J connectivity index is 2.13. The zero-order chi connectivity index (χ0) is 13.1. The molecule has 0 saturated carbocycles. The largest absolute Gasteiger partial charge is 0.357 e. The van der Waals surface area contributed by atoms with Crippen LogP contribution in [-0.4, -0.2) is 41.5 Å². The number of nitrogens with zero attached hydrogens (tertiary/aromatic N) is 7. The quantitative estimate of drug-likeness (QED) is 0.729. The number of anilines is 1. The van der Waals surface area contributed by atoms with Crippen LogP contribution in [0.15, 0.2) is 37.3 Å². The van der Waals surface area contributed by atoms with Gasteiger partial charge in [-0.15, -0.1) is 0 Å². The maximum Gasteiger partial charge on any atom is 0.240 e. The van der Waals surface area contributed by atoms with E-state index >= 15 is 0 Å². The molecule has 0 fully saturated rings. The third-order valence-electron chi connectivity index (χ3n) is 2.37. The van der Waals surface area contributed by atoms with Gasteiger partial charge in [0.05, 0.1) is 6.20 Å². The van der Waals surface area contributed by atoms with E-state index in [2.05, 4.69) is 35.2 Å². The van der Waals surface area contributed by atoms with Crippen molar-refractivity contribution < 1.29 is 0 Å². The first-order chi connectivity index (χ1) is 9.36. The molecule has 19 heavy (non-hydrogen) atoms. The molecule has 0 bridgehead atoms. The molecule has 8 nitrogen and oxygen atoms in total. The highest BCUT2D eigenvalue weighted by molar-refractivity contribution is 5.50. The van der Waals surface area contributed by atoms with Crippen molar-refractivity contribution in [3.63, 3.8) is 0 Å².